The molecule has 3 aromatic rings. The highest BCUT2D eigenvalue weighted by atomic mass is 32.2. The highest BCUT2D eigenvalue weighted by Crippen LogP contribution is 2.47. The second kappa shape index (κ2) is 11.1. The third-order valence-electron chi connectivity index (χ3n) is 7.55. The Kier molecular flexibility index (Phi) is 7.90. The number of carbonyl (C=O) groups is 2. The Labute approximate surface area is 254 Å². The van der Waals surface area contributed by atoms with Crippen molar-refractivity contribution < 1.29 is 27.5 Å². The van der Waals surface area contributed by atoms with E-state index in [4.69, 9.17) is 9.47 Å². The number of hydrogen-bond donors (Lipinski definition) is 0. The molecule has 43 heavy (non-hydrogen) atoms. The fourth-order valence-corrected chi connectivity index (χ4v) is 7.21. The molecule has 0 N–H and O–H groups in total. The summed E-state index contributed by atoms with van der Waals surface area (Å²) in [7, 11) is -3.85. The zero-order chi connectivity index (χ0) is 31.3. The topological polar surface area (TPSA) is 90.0 Å². The predicted molar refractivity (Wildman–Crippen MR) is 168 cm³/mol. The molecular formula is C35H39NO6S. The number of carbonyl (C=O) groups excluding carboxylic acids is 2. The van der Waals surface area contributed by atoms with Gasteiger partial charge in [-0.1, -0.05) is 60.2 Å². The number of sulfonamides is 1. The van der Waals surface area contributed by atoms with E-state index < -0.39 is 33.2 Å². The normalized spacial score (nSPS) is 18.2. The van der Waals surface area contributed by atoms with Crippen molar-refractivity contribution in [3.05, 3.63) is 94.6 Å². The van der Waals surface area contributed by atoms with Crippen molar-refractivity contribution in [2.24, 2.45) is 5.92 Å². The minimum absolute atomic E-state index is 0.0906. The summed E-state index contributed by atoms with van der Waals surface area (Å²) in [4.78, 5) is 28.1. The lowest BCUT2D eigenvalue weighted by atomic mass is 9.76. The highest BCUT2D eigenvalue weighted by Gasteiger charge is 2.45. The summed E-state index contributed by atoms with van der Waals surface area (Å²) in [6, 6.07) is 20.4. The summed E-state index contributed by atoms with van der Waals surface area (Å²) in [5, 5.41) is 1.84. The maximum absolute atomic E-state index is 14.1. The average Bonchev–Trinajstić information content (AvgIpc) is 3.35. The van der Waals surface area contributed by atoms with Crippen molar-refractivity contribution in [1.29, 1.82) is 0 Å². The Morgan fingerprint density at radius 3 is 2.07 bits per heavy atom. The second-order valence-corrected chi connectivity index (χ2v) is 15.2. The first-order valence-corrected chi connectivity index (χ1v) is 16.0. The molecule has 0 saturated carbocycles. The van der Waals surface area contributed by atoms with Crippen molar-refractivity contribution in [2.75, 3.05) is 13.1 Å². The summed E-state index contributed by atoms with van der Waals surface area (Å²) < 4.78 is 40.9. The monoisotopic (exact) mass is 601 g/mol. The number of fused-ring (bicyclic) bond motifs is 2. The zero-order valence-electron chi connectivity index (χ0n) is 25.9. The Morgan fingerprint density at radius 1 is 0.814 bits per heavy atom. The summed E-state index contributed by atoms with van der Waals surface area (Å²) in [5.41, 5.74) is 1.76. The number of nitrogens with zero attached hydrogens (tertiary/aromatic N) is 1. The number of benzene rings is 3. The largest absolute Gasteiger partial charge is 0.457 e. The van der Waals surface area contributed by atoms with Crippen LogP contribution in [0.5, 0.6) is 0 Å². The molecule has 0 amide bonds. The first-order valence-electron chi connectivity index (χ1n) is 14.5. The van der Waals surface area contributed by atoms with Crippen LogP contribution in [0.3, 0.4) is 0 Å². The standard InChI is InChI=1S/C35H39NO6S/c1-22-15-17-25(18-16-22)43(39,40)36-20-24-19-28(32(37)41-34(2,3)4)31(33(38)42-35(5,6)7)30(29(24)21-36)27-14-10-12-23-11-8-9-13-26(23)27/h8-18,24H,19-21H2,1-7H3. The summed E-state index contributed by atoms with van der Waals surface area (Å²) in [6.07, 6.45) is 0.160. The molecule has 7 nitrogen and oxygen atoms in total. The van der Waals surface area contributed by atoms with Gasteiger partial charge >= 0.3 is 11.9 Å². The molecule has 5 rings (SSSR count). The minimum atomic E-state index is -3.85. The molecule has 1 fully saturated rings. The SMILES string of the molecule is Cc1ccc(S(=O)(=O)N2CC3=C(c4cccc5ccccc45)C(C(=O)OC(C)(C)C)=C(C(=O)OC(C)(C)C)CC3C2)cc1. The van der Waals surface area contributed by atoms with Gasteiger partial charge in [0.1, 0.15) is 11.2 Å². The maximum Gasteiger partial charge on any atom is 0.339 e. The van der Waals surface area contributed by atoms with Crippen LogP contribution in [-0.2, 0) is 29.1 Å². The molecule has 1 heterocycles. The number of esters is 2. The van der Waals surface area contributed by atoms with E-state index in [2.05, 4.69) is 0 Å². The van der Waals surface area contributed by atoms with E-state index in [9.17, 15) is 18.0 Å². The van der Waals surface area contributed by atoms with Gasteiger partial charge in [-0.2, -0.15) is 4.31 Å². The molecule has 1 aliphatic carbocycles. The van der Waals surface area contributed by atoms with Crippen molar-refractivity contribution in [3.63, 3.8) is 0 Å². The van der Waals surface area contributed by atoms with Gasteiger partial charge < -0.3 is 9.47 Å². The van der Waals surface area contributed by atoms with Gasteiger partial charge in [-0.15, -0.1) is 0 Å². The van der Waals surface area contributed by atoms with Crippen molar-refractivity contribution >= 4 is 38.3 Å². The highest BCUT2D eigenvalue weighted by molar-refractivity contribution is 7.89. The van der Waals surface area contributed by atoms with Crippen LogP contribution in [0.2, 0.25) is 0 Å². The van der Waals surface area contributed by atoms with Crippen LogP contribution in [0.1, 0.15) is 59.1 Å². The van der Waals surface area contributed by atoms with Crippen LogP contribution in [0.25, 0.3) is 16.3 Å². The molecule has 0 aromatic heterocycles. The van der Waals surface area contributed by atoms with Gasteiger partial charge in [0.25, 0.3) is 0 Å². The van der Waals surface area contributed by atoms with E-state index in [-0.39, 0.29) is 41.5 Å². The molecule has 0 radical (unpaired) electrons. The number of hydrogen-bond acceptors (Lipinski definition) is 6. The molecule has 1 aliphatic heterocycles. The lowest BCUT2D eigenvalue weighted by molar-refractivity contribution is -0.153. The Hall–Kier alpha value is -3.75. The zero-order valence-corrected chi connectivity index (χ0v) is 26.7. The van der Waals surface area contributed by atoms with Gasteiger partial charge in [-0.05, 0) is 94.5 Å². The van der Waals surface area contributed by atoms with E-state index in [0.29, 0.717) is 5.57 Å². The van der Waals surface area contributed by atoms with Gasteiger partial charge in [0, 0.05) is 19.0 Å². The molecule has 0 bridgehead atoms. The van der Waals surface area contributed by atoms with Crippen LogP contribution in [-0.4, -0.2) is 49.0 Å². The van der Waals surface area contributed by atoms with Gasteiger partial charge in [-0.3, -0.25) is 0 Å². The fourth-order valence-electron chi connectivity index (χ4n) is 5.74. The van der Waals surface area contributed by atoms with Crippen molar-refractivity contribution in [3.8, 4) is 0 Å². The van der Waals surface area contributed by atoms with E-state index >= 15 is 0 Å². The number of aryl methyl sites for hydroxylation is 1. The van der Waals surface area contributed by atoms with Gasteiger partial charge in [-0.25, -0.2) is 18.0 Å². The molecule has 8 heteroatoms. The first-order chi connectivity index (χ1) is 20.0. The lowest BCUT2D eigenvalue weighted by Gasteiger charge is -2.31. The van der Waals surface area contributed by atoms with E-state index in [0.717, 1.165) is 27.5 Å². The average molecular weight is 602 g/mol. The summed E-state index contributed by atoms with van der Waals surface area (Å²) >= 11 is 0. The molecule has 226 valence electrons. The third kappa shape index (κ3) is 6.31. The van der Waals surface area contributed by atoms with E-state index in [1.165, 1.54) is 4.31 Å². The molecule has 1 saturated heterocycles. The van der Waals surface area contributed by atoms with Gasteiger partial charge in [0.15, 0.2) is 0 Å². The van der Waals surface area contributed by atoms with Gasteiger partial charge in [0.2, 0.25) is 10.0 Å². The number of rotatable bonds is 5. The van der Waals surface area contributed by atoms with Crippen LogP contribution in [0.4, 0.5) is 0 Å². The second-order valence-electron chi connectivity index (χ2n) is 13.3. The summed E-state index contributed by atoms with van der Waals surface area (Å²) in [5.74, 6) is -1.57. The molecule has 0 spiro atoms. The fraction of sp³-hybridized carbons (Fsp3) is 0.371. The van der Waals surface area contributed by atoms with E-state index in [1.807, 2.05) is 49.4 Å². The predicted octanol–water partition coefficient (Wildman–Crippen LogP) is 6.61. The molecule has 2 aliphatic rings. The first kappa shape index (κ1) is 30.7. The van der Waals surface area contributed by atoms with E-state index in [1.54, 1.807) is 65.8 Å². The Bertz CT molecular complexity index is 1760. The van der Waals surface area contributed by atoms with Crippen LogP contribution in [0, 0.1) is 12.8 Å². The van der Waals surface area contributed by atoms with Crippen LogP contribution < -0.4 is 0 Å². The molecule has 3 aromatic carbocycles. The Balaban J connectivity index is 1.75. The minimum Gasteiger partial charge on any atom is -0.457 e. The molecular weight excluding hydrogens is 562 g/mol. The van der Waals surface area contributed by atoms with Gasteiger partial charge in [0.05, 0.1) is 16.0 Å². The van der Waals surface area contributed by atoms with Crippen LogP contribution in [0.15, 0.2) is 88.3 Å². The lowest BCUT2D eigenvalue weighted by Crippen LogP contribution is -2.32. The molecule has 1 atom stereocenters. The third-order valence-corrected chi connectivity index (χ3v) is 9.38. The van der Waals surface area contributed by atoms with Crippen molar-refractivity contribution in [2.45, 2.75) is 71.0 Å². The molecule has 1 unspecified atom stereocenters. The maximum atomic E-state index is 14.1. The Morgan fingerprint density at radius 2 is 1.42 bits per heavy atom. The number of ether oxygens (including phenoxy) is 2. The smallest absolute Gasteiger partial charge is 0.339 e. The summed E-state index contributed by atoms with van der Waals surface area (Å²) in [6.45, 7) is 12.8. The van der Waals surface area contributed by atoms with Crippen molar-refractivity contribution in [1.82, 2.24) is 4.31 Å². The van der Waals surface area contributed by atoms with Crippen LogP contribution >= 0.6 is 0 Å². The quantitative estimate of drug-likeness (QED) is 0.306.